The average molecular weight is 998 g/mol. The number of rotatable bonds is 58. The van der Waals surface area contributed by atoms with Gasteiger partial charge in [0.25, 0.3) is 0 Å². The summed E-state index contributed by atoms with van der Waals surface area (Å²) in [5, 5.41) is 0. The third-order valence-electron chi connectivity index (χ3n) is 14.1. The summed E-state index contributed by atoms with van der Waals surface area (Å²) in [6.45, 7) is 6.67. The maximum Gasteiger partial charge on any atom is 0.306 e. The van der Waals surface area contributed by atoms with E-state index in [1.165, 1.54) is 238 Å². The molecule has 0 rings (SSSR count). The quantitative estimate of drug-likeness (QED) is 0.0261. The SMILES string of the molecule is CCCCCCCC/C=C\CCCCCCCCCCCCCC(=O)OC[C@H](COC(=O)CCCCCCCCC/C=C\CCCCCCCC)OC(=O)CCCCCCC/C=C\CCCCCCCC. The fourth-order valence-corrected chi connectivity index (χ4v) is 9.31. The molecule has 6 nitrogen and oxygen atoms in total. The lowest BCUT2D eigenvalue weighted by molar-refractivity contribution is -0.167. The van der Waals surface area contributed by atoms with E-state index in [9.17, 15) is 14.4 Å². The molecule has 0 aromatic carbocycles. The van der Waals surface area contributed by atoms with Crippen LogP contribution in [0.25, 0.3) is 0 Å². The van der Waals surface area contributed by atoms with Crippen molar-refractivity contribution in [2.45, 2.75) is 348 Å². The summed E-state index contributed by atoms with van der Waals surface area (Å²) in [5.41, 5.74) is 0. The minimum Gasteiger partial charge on any atom is -0.462 e. The van der Waals surface area contributed by atoms with Crippen molar-refractivity contribution in [1.82, 2.24) is 0 Å². The number of esters is 3. The van der Waals surface area contributed by atoms with Crippen molar-refractivity contribution < 1.29 is 28.6 Å². The molecule has 6 heteroatoms. The summed E-state index contributed by atoms with van der Waals surface area (Å²) in [6.07, 6.45) is 72.8. The number of carbonyl (C=O) groups is 3. The molecule has 0 aromatic heterocycles. The lowest BCUT2D eigenvalue weighted by atomic mass is 10.0. The number of unbranched alkanes of at least 4 members (excludes halogenated alkanes) is 41. The molecule has 0 N–H and O–H groups in total. The Morgan fingerprint density at radius 1 is 0.268 bits per heavy atom. The molecule has 0 heterocycles. The van der Waals surface area contributed by atoms with E-state index >= 15 is 0 Å². The fourth-order valence-electron chi connectivity index (χ4n) is 9.31. The molecule has 0 bridgehead atoms. The molecule has 0 spiro atoms. The number of ether oxygens (including phenoxy) is 3. The number of hydrogen-bond donors (Lipinski definition) is 0. The molecule has 0 aromatic rings. The van der Waals surface area contributed by atoms with Crippen LogP contribution in [0.15, 0.2) is 36.5 Å². The van der Waals surface area contributed by atoms with Gasteiger partial charge in [-0.3, -0.25) is 14.4 Å². The fraction of sp³-hybridized carbons (Fsp3) is 0.862. The zero-order chi connectivity index (χ0) is 51.4. The Kier molecular flexibility index (Phi) is 58.2. The highest BCUT2D eigenvalue weighted by Crippen LogP contribution is 2.16. The van der Waals surface area contributed by atoms with E-state index in [1.54, 1.807) is 0 Å². The van der Waals surface area contributed by atoms with Crippen LogP contribution in [-0.4, -0.2) is 37.2 Å². The smallest absolute Gasteiger partial charge is 0.306 e. The molecule has 0 amide bonds. The second kappa shape index (κ2) is 60.2. The van der Waals surface area contributed by atoms with Crippen molar-refractivity contribution in [2.75, 3.05) is 13.2 Å². The van der Waals surface area contributed by atoms with Gasteiger partial charge < -0.3 is 14.2 Å². The first-order valence-electron chi connectivity index (χ1n) is 31.5. The van der Waals surface area contributed by atoms with Crippen molar-refractivity contribution in [1.29, 1.82) is 0 Å². The number of carbonyl (C=O) groups excluding carboxylic acids is 3. The van der Waals surface area contributed by atoms with Crippen molar-refractivity contribution in [3.8, 4) is 0 Å². The first-order valence-corrected chi connectivity index (χ1v) is 31.5. The third-order valence-corrected chi connectivity index (χ3v) is 14.1. The molecule has 0 radical (unpaired) electrons. The van der Waals surface area contributed by atoms with E-state index in [4.69, 9.17) is 14.2 Å². The average Bonchev–Trinajstić information content (AvgIpc) is 3.37. The molecule has 0 saturated carbocycles. The maximum atomic E-state index is 12.9. The highest BCUT2D eigenvalue weighted by molar-refractivity contribution is 5.71. The molecule has 0 fully saturated rings. The summed E-state index contributed by atoms with van der Waals surface area (Å²) >= 11 is 0. The van der Waals surface area contributed by atoms with Crippen molar-refractivity contribution >= 4 is 17.9 Å². The second-order valence-electron chi connectivity index (χ2n) is 21.3. The van der Waals surface area contributed by atoms with E-state index in [1.807, 2.05) is 0 Å². The first kappa shape index (κ1) is 68.6. The van der Waals surface area contributed by atoms with Crippen LogP contribution in [0.3, 0.4) is 0 Å². The molecule has 0 aliphatic carbocycles. The van der Waals surface area contributed by atoms with Gasteiger partial charge in [0.2, 0.25) is 0 Å². The summed E-state index contributed by atoms with van der Waals surface area (Å²) in [4.78, 5) is 38.3. The van der Waals surface area contributed by atoms with E-state index in [0.29, 0.717) is 19.3 Å². The van der Waals surface area contributed by atoms with Crippen molar-refractivity contribution in [3.63, 3.8) is 0 Å². The van der Waals surface area contributed by atoms with Gasteiger partial charge in [0, 0.05) is 19.3 Å². The van der Waals surface area contributed by atoms with Crippen LogP contribution in [0.1, 0.15) is 342 Å². The van der Waals surface area contributed by atoms with Crippen LogP contribution >= 0.6 is 0 Å². The Labute approximate surface area is 442 Å². The molecule has 0 saturated heterocycles. The van der Waals surface area contributed by atoms with Crippen LogP contribution in [-0.2, 0) is 28.6 Å². The molecule has 416 valence electrons. The minimum atomic E-state index is -0.777. The minimum absolute atomic E-state index is 0.0743. The lowest BCUT2D eigenvalue weighted by Gasteiger charge is -2.18. The Balaban J connectivity index is 4.32. The highest BCUT2D eigenvalue weighted by Gasteiger charge is 2.19. The molecule has 1 atom stereocenters. The van der Waals surface area contributed by atoms with E-state index < -0.39 is 6.10 Å². The molecule has 0 unspecified atom stereocenters. The van der Waals surface area contributed by atoms with Crippen molar-refractivity contribution in [2.24, 2.45) is 0 Å². The Bertz CT molecular complexity index is 1190. The maximum absolute atomic E-state index is 12.9. The first-order chi connectivity index (χ1) is 35.0. The summed E-state index contributed by atoms with van der Waals surface area (Å²) in [5.74, 6) is -0.867. The molecule has 71 heavy (non-hydrogen) atoms. The van der Waals surface area contributed by atoms with Crippen LogP contribution in [0.5, 0.6) is 0 Å². The van der Waals surface area contributed by atoms with Gasteiger partial charge in [0.1, 0.15) is 13.2 Å². The van der Waals surface area contributed by atoms with Crippen LogP contribution in [0, 0.1) is 0 Å². The summed E-state index contributed by atoms with van der Waals surface area (Å²) < 4.78 is 16.9. The zero-order valence-corrected chi connectivity index (χ0v) is 47.8. The Morgan fingerprint density at radius 3 is 0.704 bits per heavy atom. The predicted molar refractivity (Wildman–Crippen MR) is 307 cm³/mol. The zero-order valence-electron chi connectivity index (χ0n) is 47.8. The van der Waals surface area contributed by atoms with E-state index in [0.717, 1.165) is 64.2 Å². The van der Waals surface area contributed by atoms with Crippen LogP contribution < -0.4 is 0 Å². The monoisotopic (exact) mass is 997 g/mol. The lowest BCUT2D eigenvalue weighted by Crippen LogP contribution is -2.30. The largest absolute Gasteiger partial charge is 0.462 e. The van der Waals surface area contributed by atoms with Gasteiger partial charge in [0.05, 0.1) is 0 Å². The Morgan fingerprint density at radius 2 is 0.465 bits per heavy atom. The van der Waals surface area contributed by atoms with Gasteiger partial charge in [0.15, 0.2) is 6.10 Å². The number of allylic oxidation sites excluding steroid dienone is 6. The van der Waals surface area contributed by atoms with Gasteiger partial charge in [-0.15, -0.1) is 0 Å². The predicted octanol–water partition coefficient (Wildman–Crippen LogP) is 21.2. The number of hydrogen-bond acceptors (Lipinski definition) is 6. The van der Waals surface area contributed by atoms with Gasteiger partial charge in [-0.1, -0.05) is 263 Å². The third kappa shape index (κ3) is 58.4. The van der Waals surface area contributed by atoms with Gasteiger partial charge >= 0.3 is 17.9 Å². The van der Waals surface area contributed by atoms with E-state index in [-0.39, 0.29) is 31.1 Å². The normalized spacial score (nSPS) is 12.2. The van der Waals surface area contributed by atoms with Crippen LogP contribution in [0.4, 0.5) is 0 Å². The Hall–Kier alpha value is -2.37. The van der Waals surface area contributed by atoms with Gasteiger partial charge in [-0.05, 0) is 96.3 Å². The van der Waals surface area contributed by atoms with Gasteiger partial charge in [-0.25, -0.2) is 0 Å². The second-order valence-corrected chi connectivity index (χ2v) is 21.3. The highest BCUT2D eigenvalue weighted by atomic mass is 16.6. The molecule has 0 aliphatic rings. The van der Waals surface area contributed by atoms with Gasteiger partial charge in [-0.2, -0.15) is 0 Å². The summed E-state index contributed by atoms with van der Waals surface area (Å²) in [7, 11) is 0. The van der Waals surface area contributed by atoms with E-state index in [2.05, 4.69) is 57.2 Å². The standard InChI is InChI=1S/C65H120O6/c1-4-7-10-13-16-19-22-25-28-30-31-32-33-35-38-40-43-46-49-52-55-58-64(67)70-61-62(71-65(68)59-56-53-50-47-44-41-36-27-24-21-18-15-12-9-6-3)60-69-63(66)57-54-51-48-45-42-39-37-34-29-26-23-20-17-14-11-8-5-2/h25-29,36,62H,4-24,30-35,37-61H2,1-3H3/b28-25-,29-26-,36-27-/t62-/m0/s1. The molecular weight excluding hydrogens is 877 g/mol. The topological polar surface area (TPSA) is 78.9 Å². The molecular formula is C65H120O6. The van der Waals surface area contributed by atoms with Crippen LogP contribution in [0.2, 0.25) is 0 Å². The summed E-state index contributed by atoms with van der Waals surface area (Å²) in [6, 6.07) is 0. The molecule has 0 aliphatic heterocycles. The van der Waals surface area contributed by atoms with Crippen molar-refractivity contribution in [3.05, 3.63) is 36.5 Å².